The van der Waals surface area contributed by atoms with Gasteiger partial charge in [0.15, 0.2) is 0 Å². The molecule has 1 aliphatic heterocycles. The summed E-state index contributed by atoms with van der Waals surface area (Å²) < 4.78 is 0. The SMILES string of the molecule is CCC(C)(CN)CN1CCCN(CCO)CC1. The summed E-state index contributed by atoms with van der Waals surface area (Å²) in [5, 5.41) is 8.97. The van der Waals surface area contributed by atoms with Gasteiger partial charge in [-0.2, -0.15) is 0 Å². The molecule has 4 nitrogen and oxygen atoms in total. The first-order chi connectivity index (χ1) is 8.13. The van der Waals surface area contributed by atoms with Crippen LogP contribution in [0.5, 0.6) is 0 Å². The molecule has 0 spiro atoms. The second-order valence-corrected chi connectivity index (χ2v) is 5.56. The molecule has 0 bridgehead atoms. The van der Waals surface area contributed by atoms with Crippen molar-refractivity contribution in [3.63, 3.8) is 0 Å². The Labute approximate surface area is 106 Å². The molecule has 0 radical (unpaired) electrons. The second-order valence-electron chi connectivity index (χ2n) is 5.56. The Morgan fingerprint density at radius 1 is 1.18 bits per heavy atom. The van der Waals surface area contributed by atoms with Crippen LogP contribution in [0.3, 0.4) is 0 Å². The average Bonchev–Trinajstić information content (AvgIpc) is 2.55. The van der Waals surface area contributed by atoms with Gasteiger partial charge < -0.3 is 15.7 Å². The molecule has 3 N–H and O–H groups in total. The third-order valence-corrected chi connectivity index (χ3v) is 4.05. The van der Waals surface area contributed by atoms with Crippen LogP contribution in [-0.2, 0) is 0 Å². The second kappa shape index (κ2) is 7.31. The van der Waals surface area contributed by atoms with Crippen LogP contribution in [0, 0.1) is 5.41 Å². The van der Waals surface area contributed by atoms with E-state index < -0.39 is 0 Å². The fourth-order valence-electron chi connectivity index (χ4n) is 2.41. The van der Waals surface area contributed by atoms with E-state index in [4.69, 9.17) is 10.8 Å². The van der Waals surface area contributed by atoms with Gasteiger partial charge in [-0.15, -0.1) is 0 Å². The summed E-state index contributed by atoms with van der Waals surface area (Å²) >= 11 is 0. The Hall–Kier alpha value is -0.160. The molecule has 0 amide bonds. The van der Waals surface area contributed by atoms with Crippen LogP contribution >= 0.6 is 0 Å². The number of aliphatic hydroxyl groups is 1. The van der Waals surface area contributed by atoms with Crippen LogP contribution in [0.4, 0.5) is 0 Å². The third-order valence-electron chi connectivity index (χ3n) is 4.05. The van der Waals surface area contributed by atoms with Crippen molar-refractivity contribution in [3.8, 4) is 0 Å². The zero-order chi connectivity index (χ0) is 12.7. The molecule has 0 aromatic carbocycles. The quantitative estimate of drug-likeness (QED) is 0.707. The zero-order valence-electron chi connectivity index (χ0n) is 11.5. The van der Waals surface area contributed by atoms with Crippen molar-refractivity contribution >= 4 is 0 Å². The Bertz CT molecular complexity index is 207. The van der Waals surface area contributed by atoms with Gasteiger partial charge >= 0.3 is 0 Å². The molecule has 0 saturated carbocycles. The molecule has 4 heteroatoms. The largest absolute Gasteiger partial charge is 0.395 e. The number of nitrogens with two attached hydrogens (primary N) is 1. The van der Waals surface area contributed by atoms with Crippen molar-refractivity contribution < 1.29 is 5.11 Å². The van der Waals surface area contributed by atoms with Crippen molar-refractivity contribution in [1.82, 2.24) is 9.80 Å². The number of hydrogen-bond donors (Lipinski definition) is 2. The number of hydrogen-bond acceptors (Lipinski definition) is 4. The molecule has 17 heavy (non-hydrogen) atoms. The number of rotatable bonds is 6. The van der Waals surface area contributed by atoms with Gasteiger partial charge in [-0.05, 0) is 37.9 Å². The van der Waals surface area contributed by atoms with Gasteiger partial charge in [0.2, 0.25) is 0 Å². The monoisotopic (exact) mass is 243 g/mol. The summed E-state index contributed by atoms with van der Waals surface area (Å²) in [6.07, 6.45) is 2.34. The van der Waals surface area contributed by atoms with Crippen LogP contribution in [0.25, 0.3) is 0 Å². The molecule has 1 unspecified atom stereocenters. The minimum Gasteiger partial charge on any atom is -0.395 e. The summed E-state index contributed by atoms with van der Waals surface area (Å²) in [6.45, 7) is 11.9. The van der Waals surface area contributed by atoms with Gasteiger partial charge in [-0.1, -0.05) is 13.8 Å². The van der Waals surface area contributed by atoms with E-state index >= 15 is 0 Å². The van der Waals surface area contributed by atoms with Crippen LogP contribution in [0.2, 0.25) is 0 Å². The molecular weight excluding hydrogens is 214 g/mol. The van der Waals surface area contributed by atoms with Gasteiger partial charge in [0.25, 0.3) is 0 Å². The van der Waals surface area contributed by atoms with E-state index in [9.17, 15) is 0 Å². The standard InChI is InChI=1S/C13H29N3O/c1-3-13(2,11-14)12-16-6-4-5-15(7-8-16)9-10-17/h17H,3-12,14H2,1-2H3. The molecule has 1 atom stereocenters. The predicted molar refractivity (Wildman–Crippen MR) is 72.0 cm³/mol. The van der Waals surface area contributed by atoms with Crippen molar-refractivity contribution in [2.24, 2.45) is 11.1 Å². The fourth-order valence-corrected chi connectivity index (χ4v) is 2.41. The lowest BCUT2D eigenvalue weighted by Crippen LogP contribution is -2.42. The van der Waals surface area contributed by atoms with Crippen LogP contribution in [0.15, 0.2) is 0 Å². The summed E-state index contributed by atoms with van der Waals surface area (Å²) in [4.78, 5) is 4.89. The lowest BCUT2D eigenvalue weighted by atomic mass is 9.87. The molecule has 1 heterocycles. The Kier molecular flexibility index (Phi) is 6.41. The maximum absolute atomic E-state index is 8.97. The Morgan fingerprint density at radius 3 is 2.41 bits per heavy atom. The highest BCUT2D eigenvalue weighted by atomic mass is 16.3. The number of aliphatic hydroxyl groups excluding tert-OH is 1. The highest BCUT2D eigenvalue weighted by Gasteiger charge is 2.25. The summed E-state index contributed by atoms with van der Waals surface area (Å²) in [6, 6.07) is 0. The number of nitrogens with zero attached hydrogens (tertiary/aromatic N) is 2. The normalized spacial score (nSPS) is 23.3. The first-order valence-corrected chi connectivity index (χ1v) is 6.89. The predicted octanol–water partition coefficient (Wildman–Crippen LogP) is 0.361. The maximum Gasteiger partial charge on any atom is 0.0558 e. The van der Waals surface area contributed by atoms with E-state index in [-0.39, 0.29) is 12.0 Å². The first kappa shape index (κ1) is 14.9. The molecule has 1 fully saturated rings. The zero-order valence-corrected chi connectivity index (χ0v) is 11.5. The van der Waals surface area contributed by atoms with Crippen LogP contribution in [0.1, 0.15) is 26.7 Å². The Morgan fingerprint density at radius 2 is 1.82 bits per heavy atom. The maximum atomic E-state index is 8.97. The smallest absolute Gasteiger partial charge is 0.0558 e. The molecular formula is C13H29N3O. The Balaban J connectivity index is 2.40. The van der Waals surface area contributed by atoms with Gasteiger partial charge in [-0.25, -0.2) is 0 Å². The molecule has 1 saturated heterocycles. The van der Waals surface area contributed by atoms with Gasteiger partial charge in [0.05, 0.1) is 6.61 Å². The molecule has 102 valence electrons. The molecule has 0 aliphatic carbocycles. The topological polar surface area (TPSA) is 52.7 Å². The summed E-state index contributed by atoms with van der Waals surface area (Å²) in [7, 11) is 0. The van der Waals surface area contributed by atoms with E-state index in [0.29, 0.717) is 0 Å². The van der Waals surface area contributed by atoms with E-state index in [0.717, 1.165) is 52.2 Å². The first-order valence-electron chi connectivity index (χ1n) is 6.89. The highest BCUT2D eigenvalue weighted by Crippen LogP contribution is 2.21. The average molecular weight is 243 g/mol. The van der Waals surface area contributed by atoms with E-state index in [1.165, 1.54) is 6.42 Å². The third kappa shape index (κ3) is 4.92. The van der Waals surface area contributed by atoms with Gasteiger partial charge in [0, 0.05) is 26.2 Å². The molecule has 0 aromatic rings. The van der Waals surface area contributed by atoms with Gasteiger partial charge in [-0.3, -0.25) is 4.90 Å². The minimum atomic E-state index is 0.256. The van der Waals surface area contributed by atoms with Gasteiger partial charge in [0.1, 0.15) is 0 Å². The van der Waals surface area contributed by atoms with Crippen molar-refractivity contribution in [1.29, 1.82) is 0 Å². The van der Waals surface area contributed by atoms with Crippen molar-refractivity contribution in [3.05, 3.63) is 0 Å². The fraction of sp³-hybridized carbons (Fsp3) is 1.00. The van der Waals surface area contributed by atoms with Crippen molar-refractivity contribution in [2.45, 2.75) is 26.7 Å². The number of β-amino-alcohol motifs (C(OH)–C–C–N with tert-alkyl or cyclic N) is 1. The lowest BCUT2D eigenvalue weighted by Gasteiger charge is -2.33. The van der Waals surface area contributed by atoms with Crippen LogP contribution in [-0.4, -0.2) is 67.3 Å². The summed E-state index contributed by atoms with van der Waals surface area (Å²) in [5.74, 6) is 0. The molecule has 1 aliphatic rings. The van der Waals surface area contributed by atoms with E-state index in [2.05, 4.69) is 23.6 Å². The molecule has 1 rings (SSSR count). The highest BCUT2D eigenvalue weighted by molar-refractivity contribution is 4.80. The molecule has 0 aromatic heterocycles. The minimum absolute atomic E-state index is 0.256. The van der Waals surface area contributed by atoms with E-state index in [1.807, 2.05) is 0 Å². The van der Waals surface area contributed by atoms with Crippen molar-refractivity contribution in [2.75, 3.05) is 52.4 Å². The van der Waals surface area contributed by atoms with E-state index in [1.54, 1.807) is 0 Å². The summed E-state index contributed by atoms with van der Waals surface area (Å²) in [5.41, 5.74) is 6.13. The lowest BCUT2D eigenvalue weighted by molar-refractivity contribution is 0.161. The van der Waals surface area contributed by atoms with Crippen LogP contribution < -0.4 is 5.73 Å².